The molecule has 0 saturated carbocycles. The van der Waals surface area contributed by atoms with Gasteiger partial charge in [-0.05, 0) is 26.0 Å². The van der Waals surface area contributed by atoms with Crippen molar-refractivity contribution in [1.82, 2.24) is 25.2 Å². The third-order valence-corrected chi connectivity index (χ3v) is 4.94. The highest BCUT2D eigenvalue weighted by molar-refractivity contribution is 7.21. The third kappa shape index (κ3) is 3.41. The molecule has 0 amide bonds. The Morgan fingerprint density at radius 1 is 1.35 bits per heavy atom. The summed E-state index contributed by atoms with van der Waals surface area (Å²) >= 11 is 1.64. The first-order chi connectivity index (χ1) is 10.5. The maximum atomic E-state index is 5.43. The van der Waals surface area contributed by atoms with E-state index in [2.05, 4.69) is 47.4 Å². The molecule has 0 aliphatic carbocycles. The molecular formula is C15H22ClN5OS. The molecule has 8 heteroatoms. The van der Waals surface area contributed by atoms with E-state index >= 15 is 0 Å². The van der Waals surface area contributed by atoms with Crippen LogP contribution in [0.1, 0.15) is 38.2 Å². The lowest BCUT2D eigenvalue weighted by molar-refractivity contribution is 0.419. The Morgan fingerprint density at radius 3 is 2.74 bits per heavy atom. The van der Waals surface area contributed by atoms with Crippen LogP contribution in [-0.2, 0) is 13.5 Å². The van der Waals surface area contributed by atoms with Crippen molar-refractivity contribution in [2.75, 3.05) is 7.05 Å². The van der Waals surface area contributed by atoms with Crippen LogP contribution in [0, 0.1) is 0 Å². The second-order valence-electron chi connectivity index (χ2n) is 5.90. The Labute approximate surface area is 145 Å². The van der Waals surface area contributed by atoms with E-state index in [1.54, 1.807) is 11.3 Å². The van der Waals surface area contributed by atoms with E-state index < -0.39 is 0 Å². The first-order valence-corrected chi connectivity index (χ1v) is 8.28. The quantitative estimate of drug-likeness (QED) is 0.759. The van der Waals surface area contributed by atoms with Gasteiger partial charge in [0.05, 0.1) is 10.6 Å². The molecule has 0 saturated heterocycles. The molecule has 0 spiro atoms. The molecule has 0 aliphatic heterocycles. The van der Waals surface area contributed by atoms with Crippen molar-refractivity contribution < 1.29 is 4.52 Å². The van der Waals surface area contributed by atoms with E-state index in [0.717, 1.165) is 27.6 Å². The number of aryl methyl sites for hydroxylation is 1. The Balaban J connectivity index is 0.00000192. The summed E-state index contributed by atoms with van der Waals surface area (Å²) in [5.74, 6) is 1.71. The van der Waals surface area contributed by atoms with E-state index in [0.29, 0.717) is 17.9 Å². The van der Waals surface area contributed by atoms with E-state index in [1.165, 1.54) is 5.39 Å². The lowest BCUT2D eigenvalue weighted by Crippen LogP contribution is -2.24. The van der Waals surface area contributed by atoms with Gasteiger partial charge in [0.25, 0.3) is 5.89 Å². The predicted molar refractivity (Wildman–Crippen MR) is 95.4 cm³/mol. The largest absolute Gasteiger partial charge is 0.333 e. The van der Waals surface area contributed by atoms with E-state index in [1.807, 2.05) is 18.8 Å². The molecular weight excluding hydrogens is 334 g/mol. The molecule has 6 nitrogen and oxygen atoms in total. The van der Waals surface area contributed by atoms with Crippen molar-refractivity contribution in [2.45, 2.75) is 39.2 Å². The van der Waals surface area contributed by atoms with Crippen LogP contribution in [0.25, 0.3) is 21.0 Å². The summed E-state index contributed by atoms with van der Waals surface area (Å²) in [7, 11) is 3.90. The number of nitrogens with one attached hydrogen (secondary N) is 1. The number of likely N-dealkylation sites (N-methyl/N-ethyl adjacent to an activating group) is 1. The number of halogens is 1. The van der Waals surface area contributed by atoms with Gasteiger partial charge in [-0.15, -0.1) is 23.7 Å². The molecule has 0 aromatic carbocycles. The fourth-order valence-electron chi connectivity index (χ4n) is 2.41. The van der Waals surface area contributed by atoms with Gasteiger partial charge in [-0.2, -0.15) is 10.1 Å². The zero-order valence-corrected chi connectivity index (χ0v) is 15.6. The number of aromatic nitrogens is 4. The highest BCUT2D eigenvalue weighted by atomic mass is 35.5. The van der Waals surface area contributed by atoms with Crippen molar-refractivity contribution in [3.8, 4) is 10.8 Å². The minimum absolute atomic E-state index is 0. The molecule has 0 fully saturated rings. The van der Waals surface area contributed by atoms with Crippen LogP contribution in [-0.4, -0.2) is 33.0 Å². The van der Waals surface area contributed by atoms with Gasteiger partial charge in [0.1, 0.15) is 4.83 Å². The summed E-state index contributed by atoms with van der Waals surface area (Å²) in [6.45, 7) is 6.40. The van der Waals surface area contributed by atoms with Crippen LogP contribution < -0.4 is 5.32 Å². The first kappa shape index (κ1) is 17.9. The summed E-state index contributed by atoms with van der Waals surface area (Å²) in [5.41, 5.74) is 1.11. The monoisotopic (exact) mass is 355 g/mol. The summed E-state index contributed by atoms with van der Waals surface area (Å²) in [6, 6.07) is 2.44. The van der Waals surface area contributed by atoms with Gasteiger partial charge in [-0.3, -0.25) is 4.68 Å². The molecule has 126 valence electrons. The smallest absolute Gasteiger partial charge is 0.268 e. The number of rotatable bonds is 5. The maximum absolute atomic E-state index is 5.43. The first-order valence-electron chi connectivity index (χ1n) is 7.46. The SMILES string of the molecule is CNC(C)Cc1noc(-c2cc3c(C(C)C)nn(C)c3s2)n1.Cl. The molecule has 3 aromatic rings. The Bertz CT molecular complexity index is 791. The third-order valence-electron chi connectivity index (χ3n) is 3.75. The molecule has 23 heavy (non-hydrogen) atoms. The number of hydrogen-bond donors (Lipinski definition) is 1. The standard InChI is InChI=1S/C15H21N5OS.ClH/c1-8(2)13-10-7-11(22-15(10)20(5)18-13)14-17-12(19-21-14)6-9(3)16-4;/h7-9,16H,6H2,1-5H3;1H. The van der Waals surface area contributed by atoms with Gasteiger partial charge in [0.2, 0.25) is 0 Å². The fourth-order valence-corrected chi connectivity index (χ4v) is 3.41. The van der Waals surface area contributed by atoms with Crippen LogP contribution in [0.5, 0.6) is 0 Å². The maximum Gasteiger partial charge on any atom is 0.268 e. The molecule has 3 rings (SSSR count). The fraction of sp³-hybridized carbons (Fsp3) is 0.533. The molecule has 1 N–H and O–H groups in total. The Morgan fingerprint density at radius 2 is 2.09 bits per heavy atom. The Hall–Kier alpha value is -1.44. The summed E-state index contributed by atoms with van der Waals surface area (Å²) < 4.78 is 7.36. The topological polar surface area (TPSA) is 68.8 Å². The number of thiophene rings is 1. The number of fused-ring (bicyclic) bond motifs is 1. The van der Waals surface area contributed by atoms with Crippen molar-refractivity contribution in [2.24, 2.45) is 7.05 Å². The zero-order valence-electron chi connectivity index (χ0n) is 14.0. The van der Waals surface area contributed by atoms with Gasteiger partial charge in [0.15, 0.2) is 5.82 Å². The van der Waals surface area contributed by atoms with Gasteiger partial charge in [0, 0.05) is 24.9 Å². The highest BCUT2D eigenvalue weighted by Gasteiger charge is 2.19. The van der Waals surface area contributed by atoms with E-state index in [4.69, 9.17) is 4.52 Å². The average molecular weight is 356 g/mol. The minimum atomic E-state index is 0. The van der Waals surface area contributed by atoms with E-state index in [9.17, 15) is 0 Å². The van der Waals surface area contributed by atoms with E-state index in [-0.39, 0.29) is 12.4 Å². The van der Waals surface area contributed by atoms with Crippen molar-refractivity contribution >= 4 is 34.0 Å². The van der Waals surface area contributed by atoms with Crippen molar-refractivity contribution in [1.29, 1.82) is 0 Å². The van der Waals surface area contributed by atoms with Crippen molar-refractivity contribution in [3.05, 3.63) is 17.6 Å². The summed E-state index contributed by atoms with van der Waals surface area (Å²) in [6.07, 6.45) is 0.754. The minimum Gasteiger partial charge on any atom is -0.333 e. The Kier molecular flexibility index (Phi) is 5.44. The van der Waals surface area contributed by atoms with Crippen LogP contribution in [0.2, 0.25) is 0 Å². The number of hydrogen-bond acceptors (Lipinski definition) is 6. The predicted octanol–water partition coefficient (Wildman–Crippen LogP) is 3.38. The molecule has 0 radical (unpaired) electrons. The lowest BCUT2D eigenvalue weighted by atomic mass is 10.1. The lowest BCUT2D eigenvalue weighted by Gasteiger charge is -2.04. The normalized spacial score (nSPS) is 12.8. The van der Waals surface area contributed by atoms with Crippen LogP contribution >= 0.6 is 23.7 Å². The van der Waals surface area contributed by atoms with Crippen molar-refractivity contribution in [3.63, 3.8) is 0 Å². The number of nitrogens with zero attached hydrogens (tertiary/aromatic N) is 4. The highest BCUT2D eigenvalue weighted by Crippen LogP contribution is 2.36. The second kappa shape index (κ2) is 6.98. The van der Waals surface area contributed by atoms with Gasteiger partial charge < -0.3 is 9.84 Å². The summed E-state index contributed by atoms with van der Waals surface area (Å²) in [4.78, 5) is 6.65. The molecule has 0 bridgehead atoms. The van der Waals surface area contributed by atoms with Crippen LogP contribution in [0.3, 0.4) is 0 Å². The second-order valence-corrected chi connectivity index (χ2v) is 6.93. The molecule has 3 aromatic heterocycles. The van der Waals surface area contributed by atoms with Gasteiger partial charge >= 0.3 is 0 Å². The molecule has 0 aliphatic rings. The molecule has 3 heterocycles. The van der Waals surface area contributed by atoms with Crippen LogP contribution in [0.4, 0.5) is 0 Å². The van der Waals surface area contributed by atoms with Gasteiger partial charge in [-0.1, -0.05) is 19.0 Å². The zero-order chi connectivity index (χ0) is 15.9. The molecule has 1 atom stereocenters. The molecule has 1 unspecified atom stereocenters. The average Bonchev–Trinajstić information content (AvgIpc) is 3.15. The van der Waals surface area contributed by atoms with Gasteiger partial charge in [-0.25, -0.2) is 0 Å². The van der Waals surface area contributed by atoms with Crippen LogP contribution in [0.15, 0.2) is 10.6 Å². The summed E-state index contributed by atoms with van der Waals surface area (Å²) in [5, 5.41) is 13.0.